The fourth-order valence-corrected chi connectivity index (χ4v) is 1.77. The Labute approximate surface area is 99.8 Å². The summed E-state index contributed by atoms with van der Waals surface area (Å²) in [5.41, 5.74) is 0. The van der Waals surface area contributed by atoms with Gasteiger partial charge in [0.25, 0.3) is 0 Å². The van der Waals surface area contributed by atoms with Gasteiger partial charge in [0.1, 0.15) is 0 Å². The Kier molecular flexibility index (Phi) is 5.17. The average molecular weight is 245 g/mol. The van der Waals surface area contributed by atoms with Gasteiger partial charge >= 0.3 is 12.0 Å². The molecule has 0 aliphatic carbocycles. The highest BCUT2D eigenvalue weighted by Crippen LogP contribution is 2.12. The van der Waals surface area contributed by atoms with E-state index in [2.05, 4.69) is 15.5 Å². The second-order valence-corrected chi connectivity index (χ2v) is 4.36. The second-order valence-electron chi connectivity index (χ2n) is 4.36. The van der Waals surface area contributed by atoms with Crippen molar-refractivity contribution in [2.75, 3.05) is 33.2 Å². The van der Waals surface area contributed by atoms with Crippen LogP contribution >= 0.6 is 0 Å². The van der Waals surface area contributed by atoms with Crippen LogP contribution in [0, 0.1) is 5.92 Å². The van der Waals surface area contributed by atoms with Gasteiger partial charge in [-0.25, -0.2) is 9.59 Å². The summed E-state index contributed by atoms with van der Waals surface area (Å²) in [6.45, 7) is 2.27. The van der Waals surface area contributed by atoms with Crippen LogP contribution in [0.4, 0.5) is 4.79 Å². The summed E-state index contributed by atoms with van der Waals surface area (Å²) in [6.07, 6.45) is -0.507. The molecule has 0 spiro atoms. The number of aliphatic hydroxyl groups is 1. The van der Waals surface area contributed by atoms with E-state index in [1.54, 1.807) is 0 Å². The molecule has 0 aromatic heterocycles. The molecule has 0 saturated carbocycles. The highest BCUT2D eigenvalue weighted by atomic mass is 16.4. The number of nitrogens with one attached hydrogen (secondary N) is 2. The van der Waals surface area contributed by atoms with Gasteiger partial charge in [-0.2, -0.15) is 0 Å². The van der Waals surface area contributed by atoms with Gasteiger partial charge in [-0.3, -0.25) is 0 Å². The van der Waals surface area contributed by atoms with Crippen LogP contribution in [0.2, 0.25) is 0 Å². The molecular weight excluding hydrogens is 226 g/mol. The van der Waals surface area contributed by atoms with Crippen LogP contribution in [0.15, 0.2) is 0 Å². The number of carbonyl (C=O) groups excluding carboxylic acids is 1. The first kappa shape index (κ1) is 13.7. The predicted molar refractivity (Wildman–Crippen MR) is 60.6 cm³/mol. The van der Waals surface area contributed by atoms with E-state index in [0.29, 0.717) is 12.5 Å². The van der Waals surface area contributed by atoms with Crippen molar-refractivity contribution in [1.29, 1.82) is 0 Å². The zero-order valence-corrected chi connectivity index (χ0v) is 9.85. The Hall–Kier alpha value is -1.34. The third-order valence-electron chi connectivity index (χ3n) is 2.78. The minimum absolute atomic E-state index is 0.286. The molecule has 2 unspecified atom stereocenters. The molecule has 0 aromatic rings. The lowest BCUT2D eigenvalue weighted by molar-refractivity contribution is -0.146. The van der Waals surface area contributed by atoms with Crippen molar-refractivity contribution in [3.8, 4) is 0 Å². The van der Waals surface area contributed by atoms with Gasteiger partial charge in [-0.1, -0.05) is 0 Å². The zero-order chi connectivity index (χ0) is 12.8. The summed E-state index contributed by atoms with van der Waals surface area (Å²) >= 11 is 0. The third kappa shape index (κ3) is 5.01. The number of hydrogen-bond donors (Lipinski definition) is 4. The molecule has 1 heterocycles. The summed E-state index contributed by atoms with van der Waals surface area (Å²) in [4.78, 5) is 23.7. The van der Waals surface area contributed by atoms with Gasteiger partial charge in [0, 0.05) is 13.1 Å². The topological polar surface area (TPSA) is 102 Å². The first-order valence-corrected chi connectivity index (χ1v) is 5.60. The highest BCUT2D eigenvalue weighted by Gasteiger charge is 2.20. The lowest BCUT2D eigenvalue weighted by Gasteiger charge is -2.13. The average Bonchev–Trinajstić information content (AvgIpc) is 2.69. The smallest absolute Gasteiger partial charge is 0.334 e. The number of aliphatic carboxylic acids is 1. The highest BCUT2D eigenvalue weighted by molar-refractivity contribution is 5.76. The molecule has 1 rings (SSSR count). The van der Waals surface area contributed by atoms with Crippen LogP contribution in [-0.2, 0) is 4.79 Å². The van der Waals surface area contributed by atoms with Crippen molar-refractivity contribution in [2.24, 2.45) is 5.92 Å². The second kappa shape index (κ2) is 6.41. The van der Waals surface area contributed by atoms with Crippen molar-refractivity contribution in [3.63, 3.8) is 0 Å². The van der Waals surface area contributed by atoms with Crippen molar-refractivity contribution in [1.82, 2.24) is 15.5 Å². The van der Waals surface area contributed by atoms with E-state index in [-0.39, 0.29) is 6.54 Å². The number of urea groups is 1. The van der Waals surface area contributed by atoms with E-state index >= 15 is 0 Å². The standard InChI is InChI=1S/C10H19N3O4/c1-13-3-2-7(6-13)4-11-10(17)12-5-8(14)9(15)16/h7-8,14H,2-6H2,1H3,(H,15,16)(H2,11,12,17). The van der Waals surface area contributed by atoms with Crippen molar-refractivity contribution < 1.29 is 19.8 Å². The Morgan fingerprint density at radius 2 is 2.18 bits per heavy atom. The van der Waals surface area contributed by atoms with Gasteiger partial charge in [-0.15, -0.1) is 0 Å². The van der Waals surface area contributed by atoms with Crippen LogP contribution in [0.3, 0.4) is 0 Å². The Morgan fingerprint density at radius 3 is 2.71 bits per heavy atom. The monoisotopic (exact) mass is 245 g/mol. The molecule has 1 fully saturated rings. The number of amides is 2. The molecule has 1 aliphatic rings. The quantitative estimate of drug-likeness (QED) is 0.481. The van der Waals surface area contributed by atoms with E-state index < -0.39 is 18.1 Å². The maximum Gasteiger partial charge on any atom is 0.334 e. The molecule has 2 amide bonds. The maximum absolute atomic E-state index is 11.3. The molecule has 1 saturated heterocycles. The number of hydrogen-bond acceptors (Lipinski definition) is 4. The van der Waals surface area contributed by atoms with E-state index in [1.807, 2.05) is 7.05 Å². The molecule has 2 atom stereocenters. The van der Waals surface area contributed by atoms with Gasteiger partial charge in [0.15, 0.2) is 6.10 Å². The Morgan fingerprint density at radius 1 is 1.47 bits per heavy atom. The first-order valence-electron chi connectivity index (χ1n) is 5.60. The zero-order valence-electron chi connectivity index (χ0n) is 9.85. The Bertz CT molecular complexity index is 285. The number of likely N-dealkylation sites (tertiary alicyclic amines) is 1. The number of carboxylic acid groups (broad SMARTS) is 1. The maximum atomic E-state index is 11.3. The van der Waals surface area contributed by atoms with E-state index in [4.69, 9.17) is 10.2 Å². The van der Waals surface area contributed by atoms with Crippen molar-refractivity contribution in [3.05, 3.63) is 0 Å². The van der Waals surface area contributed by atoms with Gasteiger partial charge < -0.3 is 25.7 Å². The largest absolute Gasteiger partial charge is 0.479 e. The summed E-state index contributed by atoms with van der Waals surface area (Å²) in [5, 5.41) is 22.3. The molecule has 0 aromatic carbocycles. The summed E-state index contributed by atoms with van der Waals surface area (Å²) in [6, 6.07) is -0.445. The first-order chi connectivity index (χ1) is 7.99. The summed E-state index contributed by atoms with van der Waals surface area (Å²) < 4.78 is 0. The van der Waals surface area contributed by atoms with Crippen molar-refractivity contribution in [2.45, 2.75) is 12.5 Å². The molecule has 0 radical (unpaired) electrons. The Balaban J connectivity index is 2.11. The SMILES string of the molecule is CN1CCC(CNC(=O)NCC(O)C(=O)O)C1. The lowest BCUT2D eigenvalue weighted by Crippen LogP contribution is -2.43. The van der Waals surface area contributed by atoms with Crippen LogP contribution in [0.1, 0.15) is 6.42 Å². The van der Waals surface area contributed by atoms with E-state index in [0.717, 1.165) is 19.5 Å². The number of nitrogens with zero attached hydrogens (tertiary/aromatic N) is 1. The molecule has 0 bridgehead atoms. The minimum Gasteiger partial charge on any atom is -0.479 e. The third-order valence-corrected chi connectivity index (χ3v) is 2.78. The molecule has 7 nitrogen and oxygen atoms in total. The lowest BCUT2D eigenvalue weighted by atomic mass is 10.1. The van der Waals surface area contributed by atoms with E-state index in [9.17, 15) is 9.59 Å². The van der Waals surface area contributed by atoms with Crippen LogP contribution < -0.4 is 10.6 Å². The fourth-order valence-electron chi connectivity index (χ4n) is 1.77. The summed E-state index contributed by atoms with van der Waals surface area (Å²) in [7, 11) is 2.03. The molecule has 17 heavy (non-hydrogen) atoms. The predicted octanol–water partition coefficient (Wildman–Crippen LogP) is -1.32. The molecule has 7 heteroatoms. The van der Waals surface area contributed by atoms with Gasteiger partial charge in [0.05, 0.1) is 6.54 Å². The molecule has 1 aliphatic heterocycles. The minimum atomic E-state index is -1.56. The van der Waals surface area contributed by atoms with Crippen LogP contribution in [0.5, 0.6) is 0 Å². The fraction of sp³-hybridized carbons (Fsp3) is 0.800. The molecular formula is C10H19N3O4. The molecule has 4 N–H and O–H groups in total. The van der Waals surface area contributed by atoms with Crippen molar-refractivity contribution >= 4 is 12.0 Å². The normalized spacial score (nSPS) is 22.1. The number of aliphatic hydroxyl groups excluding tert-OH is 1. The van der Waals surface area contributed by atoms with Crippen LogP contribution in [0.25, 0.3) is 0 Å². The number of rotatable bonds is 5. The number of carboxylic acids is 1. The van der Waals surface area contributed by atoms with Gasteiger partial charge in [-0.05, 0) is 25.9 Å². The molecule has 98 valence electrons. The number of carbonyl (C=O) groups is 2. The van der Waals surface area contributed by atoms with E-state index in [1.165, 1.54) is 0 Å². The summed E-state index contributed by atoms with van der Waals surface area (Å²) in [5.74, 6) is -0.905. The van der Waals surface area contributed by atoms with Gasteiger partial charge in [0.2, 0.25) is 0 Å². The van der Waals surface area contributed by atoms with Crippen LogP contribution in [-0.4, -0.2) is 66.4 Å².